The number of carbonyl (C=O) groups is 1. The van der Waals surface area contributed by atoms with Gasteiger partial charge < -0.3 is 23.9 Å². The number of fused-ring (bicyclic) bond motifs is 1. The van der Waals surface area contributed by atoms with E-state index in [1.54, 1.807) is 49.9 Å². The maximum Gasteiger partial charge on any atom is 0.333 e. The Kier molecular flexibility index (Phi) is 7.54. The van der Waals surface area contributed by atoms with Crippen molar-refractivity contribution in [3.8, 4) is 16.5 Å². The molecule has 1 aromatic carbocycles. The minimum Gasteiger partial charge on any atom is -0.508 e. The van der Waals surface area contributed by atoms with Gasteiger partial charge in [0.2, 0.25) is 11.8 Å². The zero-order valence-corrected chi connectivity index (χ0v) is 24.7. The van der Waals surface area contributed by atoms with Crippen molar-refractivity contribution in [2.75, 3.05) is 26.3 Å². The van der Waals surface area contributed by atoms with Crippen molar-refractivity contribution in [1.29, 1.82) is 0 Å². The molecule has 6 rings (SSSR count). The van der Waals surface area contributed by atoms with Gasteiger partial charge in [-0.3, -0.25) is 14.2 Å². The number of benzene rings is 1. The summed E-state index contributed by atoms with van der Waals surface area (Å²) in [6.07, 6.45) is 4.36. The van der Waals surface area contributed by atoms with E-state index in [0.29, 0.717) is 71.3 Å². The van der Waals surface area contributed by atoms with E-state index in [0.717, 1.165) is 11.0 Å². The second kappa shape index (κ2) is 11.2. The SMILES string of the molecule is Cc1c(-c2ncco2)sc2c1c(=O)n(C(C)(C)C(=O)N1CCC1)c(=O)n2C[C@@H](OC1CCOCC1)c1ccccc1O. The van der Waals surface area contributed by atoms with E-state index in [9.17, 15) is 19.5 Å². The number of phenolic OH excluding ortho intramolecular Hbond substituents is 1. The molecule has 0 unspecified atom stereocenters. The number of hydrogen-bond donors (Lipinski definition) is 1. The van der Waals surface area contributed by atoms with E-state index >= 15 is 0 Å². The molecule has 12 heteroatoms. The van der Waals surface area contributed by atoms with Gasteiger partial charge in [-0.25, -0.2) is 14.3 Å². The molecular weight excluding hydrogens is 560 g/mol. The largest absolute Gasteiger partial charge is 0.508 e. The van der Waals surface area contributed by atoms with Crippen LogP contribution in [0, 0.1) is 6.92 Å². The topological polar surface area (TPSA) is 129 Å². The summed E-state index contributed by atoms with van der Waals surface area (Å²) in [5.74, 6) is 0.101. The summed E-state index contributed by atoms with van der Waals surface area (Å²) in [5.41, 5.74) is -1.46. The highest BCUT2D eigenvalue weighted by Crippen LogP contribution is 2.37. The Bertz CT molecular complexity index is 1730. The molecule has 0 saturated carbocycles. The van der Waals surface area contributed by atoms with Crippen molar-refractivity contribution in [1.82, 2.24) is 19.0 Å². The average molecular weight is 595 g/mol. The number of aromatic nitrogens is 3. The van der Waals surface area contributed by atoms with Gasteiger partial charge in [0.1, 0.15) is 28.5 Å². The first kappa shape index (κ1) is 28.4. The number of aryl methyl sites for hydroxylation is 1. The predicted molar refractivity (Wildman–Crippen MR) is 157 cm³/mol. The van der Waals surface area contributed by atoms with E-state index in [2.05, 4.69) is 4.98 Å². The fourth-order valence-corrected chi connectivity index (χ4v) is 6.97. The molecule has 0 radical (unpaired) electrons. The number of para-hydroxylation sites is 1. The molecule has 0 aliphatic carbocycles. The first-order valence-electron chi connectivity index (χ1n) is 14.2. The monoisotopic (exact) mass is 594 g/mol. The number of nitrogens with zero attached hydrogens (tertiary/aromatic N) is 4. The molecule has 4 aromatic rings. The molecule has 3 aromatic heterocycles. The second-order valence-electron chi connectivity index (χ2n) is 11.3. The number of rotatable bonds is 8. The summed E-state index contributed by atoms with van der Waals surface area (Å²) in [6, 6.07) is 6.89. The highest BCUT2D eigenvalue weighted by Gasteiger charge is 2.40. The van der Waals surface area contributed by atoms with Gasteiger partial charge in [0.25, 0.3) is 5.56 Å². The molecule has 5 heterocycles. The van der Waals surface area contributed by atoms with Gasteiger partial charge in [0, 0.05) is 31.9 Å². The zero-order chi connectivity index (χ0) is 29.6. The van der Waals surface area contributed by atoms with Crippen molar-refractivity contribution >= 4 is 27.5 Å². The number of carbonyl (C=O) groups excluding carboxylic acids is 1. The zero-order valence-electron chi connectivity index (χ0n) is 23.9. The fourth-order valence-electron chi connectivity index (χ4n) is 5.73. The smallest absolute Gasteiger partial charge is 0.333 e. The van der Waals surface area contributed by atoms with E-state index < -0.39 is 22.9 Å². The third-order valence-corrected chi connectivity index (χ3v) is 9.52. The number of thiophene rings is 1. The second-order valence-corrected chi connectivity index (χ2v) is 12.3. The molecular formula is C30H34N4O7S. The van der Waals surface area contributed by atoms with E-state index in [-0.39, 0.29) is 24.3 Å². The van der Waals surface area contributed by atoms with Gasteiger partial charge in [-0.15, -0.1) is 11.3 Å². The van der Waals surface area contributed by atoms with Gasteiger partial charge in [0.15, 0.2) is 0 Å². The normalized spacial score (nSPS) is 17.0. The third-order valence-electron chi connectivity index (χ3n) is 8.22. The Morgan fingerprint density at radius 2 is 1.95 bits per heavy atom. The lowest BCUT2D eigenvalue weighted by Gasteiger charge is -2.38. The van der Waals surface area contributed by atoms with Crippen LogP contribution in [0.3, 0.4) is 0 Å². The number of ether oxygens (including phenoxy) is 2. The summed E-state index contributed by atoms with van der Waals surface area (Å²) in [7, 11) is 0. The summed E-state index contributed by atoms with van der Waals surface area (Å²) in [6.45, 7) is 7.32. The number of aromatic hydroxyl groups is 1. The molecule has 2 fully saturated rings. The molecule has 1 atom stereocenters. The van der Waals surface area contributed by atoms with Crippen molar-refractivity contribution in [3.63, 3.8) is 0 Å². The van der Waals surface area contributed by atoms with Crippen LogP contribution in [0.2, 0.25) is 0 Å². The molecule has 2 saturated heterocycles. The van der Waals surface area contributed by atoms with Crippen LogP contribution in [0.1, 0.15) is 50.3 Å². The van der Waals surface area contributed by atoms with Crippen molar-refractivity contribution in [2.24, 2.45) is 0 Å². The Labute approximate surface area is 245 Å². The molecule has 0 bridgehead atoms. The number of amides is 1. The van der Waals surface area contributed by atoms with Crippen molar-refractivity contribution in [3.05, 3.63) is 68.7 Å². The van der Waals surface area contributed by atoms with E-state index in [1.807, 2.05) is 0 Å². The average Bonchev–Trinajstić information content (AvgIpc) is 3.58. The van der Waals surface area contributed by atoms with Crippen molar-refractivity contribution in [2.45, 2.75) is 64.3 Å². The number of phenols is 1. The van der Waals surface area contributed by atoms with E-state index in [1.165, 1.54) is 28.4 Å². The van der Waals surface area contributed by atoms with Crippen LogP contribution in [0.4, 0.5) is 0 Å². The molecule has 42 heavy (non-hydrogen) atoms. The van der Waals surface area contributed by atoms with Crippen LogP contribution in [-0.2, 0) is 26.4 Å². The number of hydrogen-bond acceptors (Lipinski definition) is 9. The molecule has 2 aliphatic heterocycles. The quantitative estimate of drug-likeness (QED) is 0.326. The highest BCUT2D eigenvalue weighted by atomic mass is 32.1. The predicted octanol–water partition coefficient (Wildman–Crippen LogP) is 3.80. The van der Waals surface area contributed by atoms with Gasteiger partial charge in [0.05, 0.1) is 29.1 Å². The summed E-state index contributed by atoms with van der Waals surface area (Å²) >= 11 is 1.23. The summed E-state index contributed by atoms with van der Waals surface area (Å²) < 4.78 is 20.2. The summed E-state index contributed by atoms with van der Waals surface area (Å²) in [5, 5.41) is 11.1. The first-order valence-corrected chi connectivity index (χ1v) is 15.0. The molecule has 11 nitrogen and oxygen atoms in total. The molecule has 1 N–H and O–H groups in total. The Balaban J connectivity index is 1.56. The van der Waals surface area contributed by atoms with Gasteiger partial charge in [-0.05, 0) is 51.7 Å². The lowest BCUT2D eigenvalue weighted by Crippen LogP contribution is -2.59. The van der Waals surface area contributed by atoms with Gasteiger partial charge >= 0.3 is 5.69 Å². The van der Waals surface area contributed by atoms with Crippen molar-refractivity contribution < 1.29 is 23.8 Å². The molecule has 222 valence electrons. The van der Waals surface area contributed by atoms with Crippen LogP contribution in [0.5, 0.6) is 5.75 Å². The standard InChI is InChI=1S/C30H34N4O7S/c1-18-23-26(36)34(30(2,3)28(37)32-12-6-13-32)29(38)33(27(23)42-24(18)25-31-11-16-40-25)17-22(20-7-4-5-8-21(20)35)41-19-9-14-39-15-10-19/h4-5,7-8,11,16,19,22,35H,6,9-10,12-15,17H2,1-3H3/t22-/m1/s1. The van der Waals surface area contributed by atoms with E-state index in [4.69, 9.17) is 13.9 Å². The summed E-state index contributed by atoms with van der Waals surface area (Å²) in [4.78, 5) is 49.1. The van der Waals surface area contributed by atoms with Crippen LogP contribution in [0.25, 0.3) is 21.0 Å². The van der Waals surface area contributed by atoms with Crippen LogP contribution in [-0.4, -0.2) is 62.4 Å². The first-order chi connectivity index (χ1) is 20.2. The number of oxazole rings is 1. The number of likely N-dealkylation sites (tertiary alicyclic amines) is 1. The minimum atomic E-state index is -1.44. The van der Waals surface area contributed by atoms with Gasteiger partial charge in [-0.2, -0.15) is 0 Å². The fraction of sp³-hybridized carbons (Fsp3) is 0.467. The Morgan fingerprint density at radius 1 is 1.21 bits per heavy atom. The maximum atomic E-state index is 14.4. The minimum absolute atomic E-state index is 0.00348. The lowest BCUT2D eigenvalue weighted by molar-refractivity contribution is -0.143. The molecule has 2 aliphatic rings. The lowest BCUT2D eigenvalue weighted by atomic mass is 10.00. The molecule has 1 amide bonds. The van der Waals surface area contributed by atoms with Crippen LogP contribution in [0.15, 0.2) is 50.7 Å². The Morgan fingerprint density at radius 3 is 2.60 bits per heavy atom. The van der Waals surface area contributed by atoms with Crippen LogP contribution >= 0.6 is 11.3 Å². The highest BCUT2D eigenvalue weighted by molar-refractivity contribution is 7.22. The molecule has 0 spiro atoms. The Hall–Kier alpha value is -3.74. The maximum absolute atomic E-state index is 14.4. The van der Waals surface area contributed by atoms with Crippen LogP contribution < -0.4 is 11.2 Å². The van der Waals surface area contributed by atoms with Gasteiger partial charge in [-0.1, -0.05) is 18.2 Å². The third kappa shape index (κ3) is 4.87.